The van der Waals surface area contributed by atoms with Crippen molar-refractivity contribution in [2.45, 2.75) is 22.7 Å². The van der Waals surface area contributed by atoms with E-state index in [1.54, 1.807) is 23.5 Å². The predicted octanol–water partition coefficient (Wildman–Crippen LogP) is 3.32. The Hall–Kier alpha value is -0.500. The van der Waals surface area contributed by atoms with Crippen molar-refractivity contribution in [3.05, 3.63) is 40.5 Å². The highest BCUT2D eigenvalue weighted by molar-refractivity contribution is 9.10. The molecule has 2 unspecified atom stereocenters. The van der Waals surface area contributed by atoms with Crippen LogP contribution in [-0.2, 0) is 5.75 Å². The first-order valence-corrected chi connectivity index (χ1v) is 9.12. The second kappa shape index (κ2) is 6.51. The van der Waals surface area contributed by atoms with Gasteiger partial charge in [-0.05, 0) is 24.3 Å². The fourth-order valence-electron chi connectivity index (χ4n) is 1.93. The summed E-state index contributed by atoms with van der Waals surface area (Å²) >= 11 is 6.80. The summed E-state index contributed by atoms with van der Waals surface area (Å²) in [5.41, 5.74) is 0. The number of benzene rings is 1. The highest BCUT2D eigenvalue weighted by atomic mass is 79.9. The molecule has 1 aromatic carbocycles. The third-order valence-corrected chi connectivity index (χ3v) is 5.74. The molecule has 0 radical (unpaired) electrons. The van der Waals surface area contributed by atoms with E-state index in [4.69, 9.17) is 4.52 Å². The van der Waals surface area contributed by atoms with Crippen molar-refractivity contribution in [3.8, 4) is 0 Å². The van der Waals surface area contributed by atoms with E-state index < -0.39 is 0 Å². The second-order valence-electron chi connectivity index (χ2n) is 4.50. The van der Waals surface area contributed by atoms with E-state index in [0.29, 0.717) is 17.5 Å². The molecule has 0 saturated carbocycles. The zero-order valence-electron chi connectivity index (χ0n) is 10.5. The molecular formula is C13H13BrN2O2S2. The summed E-state index contributed by atoms with van der Waals surface area (Å²) in [6.45, 7) is 0. The van der Waals surface area contributed by atoms with Gasteiger partial charge in [-0.3, -0.25) is 0 Å². The zero-order chi connectivity index (χ0) is 13.9. The van der Waals surface area contributed by atoms with Gasteiger partial charge in [0.05, 0.1) is 17.8 Å². The quantitative estimate of drug-likeness (QED) is 0.830. The minimum Gasteiger partial charge on any atom is -0.391 e. The van der Waals surface area contributed by atoms with Gasteiger partial charge in [-0.2, -0.15) is 16.7 Å². The van der Waals surface area contributed by atoms with Crippen molar-refractivity contribution in [1.82, 2.24) is 10.1 Å². The van der Waals surface area contributed by atoms with Gasteiger partial charge in [-0.1, -0.05) is 21.1 Å². The van der Waals surface area contributed by atoms with Gasteiger partial charge in [0, 0.05) is 20.9 Å². The molecule has 2 atom stereocenters. The fourth-order valence-corrected chi connectivity index (χ4v) is 4.17. The van der Waals surface area contributed by atoms with Crippen molar-refractivity contribution in [3.63, 3.8) is 0 Å². The van der Waals surface area contributed by atoms with E-state index in [1.807, 2.05) is 24.3 Å². The van der Waals surface area contributed by atoms with E-state index in [9.17, 15) is 5.11 Å². The van der Waals surface area contributed by atoms with E-state index in [1.165, 1.54) is 0 Å². The first-order valence-electron chi connectivity index (χ1n) is 6.19. The van der Waals surface area contributed by atoms with Crippen molar-refractivity contribution in [2.24, 2.45) is 0 Å². The fraction of sp³-hybridized carbons (Fsp3) is 0.385. The summed E-state index contributed by atoms with van der Waals surface area (Å²) in [5.74, 6) is 3.49. The topological polar surface area (TPSA) is 59.2 Å². The van der Waals surface area contributed by atoms with Crippen LogP contribution in [0.3, 0.4) is 0 Å². The lowest BCUT2D eigenvalue weighted by Crippen LogP contribution is -2.15. The molecule has 1 aromatic heterocycles. The molecule has 0 spiro atoms. The van der Waals surface area contributed by atoms with Gasteiger partial charge in [0.1, 0.15) is 0 Å². The first kappa shape index (κ1) is 14.4. The Morgan fingerprint density at radius 2 is 2.15 bits per heavy atom. The molecule has 0 amide bonds. The van der Waals surface area contributed by atoms with Gasteiger partial charge in [-0.25, -0.2) is 0 Å². The Morgan fingerprint density at radius 1 is 1.35 bits per heavy atom. The molecule has 0 aliphatic carbocycles. The monoisotopic (exact) mass is 372 g/mol. The summed E-state index contributed by atoms with van der Waals surface area (Å²) in [6, 6.07) is 8.12. The van der Waals surface area contributed by atoms with Gasteiger partial charge in [0.25, 0.3) is 0 Å². The Labute approximate surface area is 133 Å². The number of halogens is 1. The maximum atomic E-state index is 9.83. The Balaban J connectivity index is 1.61. The maximum Gasteiger partial charge on any atom is 0.233 e. The highest BCUT2D eigenvalue weighted by Gasteiger charge is 2.31. The number of nitrogens with zero attached hydrogens (tertiary/aromatic N) is 2. The average Bonchev–Trinajstić information content (AvgIpc) is 3.06. The van der Waals surface area contributed by atoms with Crippen LogP contribution in [0.4, 0.5) is 0 Å². The normalized spacial score (nSPS) is 22.3. The number of thioether (sulfide) groups is 2. The van der Waals surface area contributed by atoms with Crippen LogP contribution in [0, 0.1) is 0 Å². The van der Waals surface area contributed by atoms with Crippen LogP contribution < -0.4 is 0 Å². The summed E-state index contributed by atoms with van der Waals surface area (Å²) in [7, 11) is 0. The number of aliphatic hydroxyl groups is 1. The van der Waals surface area contributed by atoms with E-state index in [-0.39, 0.29) is 12.0 Å². The Kier molecular flexibility index (Phi) is 4.70. The van der Waals surface area contributed by atoms with Crippen molar-refractivity contribution < 1.29 is 9.63 Å². The molecule has 1 saturated heterocycles. The van der Waals surface area contributed by atoms with E-state index >= 15 is 0 Å². The molecule has 20 heavy (non-hydrogen) atoms. The third-order valence-electron chi connectivity index (χ3n) is 3.03. The van der Waals surface area contributed by atoms with Crippen LogP contribution in [-0.4, -0.2) is 32.9 Å². The van der Waals surface area contributed by atoms with Crippen molar-refractivity contribution in [2.75, 3.05) is 11.5 Å². The van der Waals surface area contributed by atoms with Gasteiger partial charge in [0.2, 0.25) is 5.89 Å². The van der Waals surface area contributed by atoms with Crippen LogP contribution in [0.25, 0.3) is 0 Å². The largest absolute Gasteiger partial charge is 0.391 e. The average molecular weight is 373 g/mol. The molecule has 1 N–H and O–H groups in total. The van der Waals surface area contributed by atoms with Gasteiger partial charge in [-0.15, -0.1) is 11.8 Å². The van der Waals surface area contributed by atoms with E-state index in [2.05, 4.69) is 26.1 Å². The number of hydrogen-bond donors (Lipinski definition) is 1. The minimum absolute atomic E-state index is 0.0149. The first-order chi connectivity index (χ1) is 9.72. The maximum absolute atomic E-state index is 9.83. The molecule has 0 bridgehead atoms. The molecular weight excluding hydrogens is 360 g/mol. The smallest absolute Gasteiger partial charge is 0.233 e. The van der Waals surface area contributed by atoms with Gasteiger partial charge >= 0.3 is 0 Å². The van der Waals surface area contributed by atoms with Crippen molar-refractivity contribution >= 4 is 39.5 Å². The minimum atomic E-state index is -0.368. The number of rotatable bonds is 4. The molecule has 1 aliphatic heterocycles. The molecule has 4 nitrogen and oxygen atoms in total. The molecule has 2 aromatic rings. The zero-order valence-corrected chi connectivity index (χ0v) is 13.7. The number of aromatic nitrogens is 2. The second-order valence-corrected chi connectivity index (χ2v) is 7.54. The standard InChI is InChI=1S/C13H13BrN2O2S2/c14-8-1-3-9(4-2-8)20-7-12-15-13(18-16-12)10-5-19-6-11(10)17/h1-4,10-11,17H,5-7H2. The van der Waals surface area contributed by atoms with E-state index in [0.717, 1.165) is 20.9 Å². The molecule has 7 heteroatoms. The number of aliphatic hydroxyl groups excluding tert-OH is 1. The van der Waals surface area contributed by atoms with Crippen LogP contribution in [0.15, 0.2) is 38.2 Å². The van der Waals surface area contributed by atoms with Crippen LogP contribution >= 0.6 is 39.5 Å². The lowest BCUT2D eigenvalue weighted by Gasteiger charge is -2.06. The highest BCUT2D eigenvalue weighted by Crippen LogP contribution is 2.32. The Bertz CT molecular complexity index is 576. The Morgan fingerprint density at radius 3 is 2.85 bits per heavy atom. The summed E-state index contributed by atoms with van der Waals surface area (Å²) < 4.78 is 6.34. The van der Waals surface area contributed by atoms with Crippen LogP contribution in [0.2, 0.25) is 0 Å². The van der Waals surface area contributed by atoms with Crippen molar-refractivity contribution in [1.29, 1.82) is 0 Å². The van der Waals surface area contributed by atoms with Gasteiger partial charge in [0.15, 0.2) is 5.82 Å². The lowest BCUT2D eigenvalue weighted by atomic mass is 10.1. The molecule has 1 fully saturated rings. The third kappa shape index (κ3) is 3.39. The summed E-state index contributed by atoms with van der Waals surface area (Å²) in [5, 5.41) is 13.8. The predicted molar refractivity (Wildman–Crippen MR) is 84.1 cm³/mol. The molecule has 1 aliphatic rings. The number of hydrogen-bond acceptors (Lipinski definition) is 6. The SMILES string of the molecule is OC1CSCC1c1nc(CSc2ccc(Br)cc2)no1. The molecule has 106 valence electrons. The summed E-state index contributed by atoms with van der Waals surface area (Å²) in [4.78, 5) is 5.56. The lowest BCUT2D eigenvalue weighted by molar-refractivity contribution is 0.164. The van der Waals surface area contributed by atoms with Gasteiger partial charge < -0.3 is 9.63 Å². The van der Waals surface area contributed by atoms with Crippen LogP contribution in [0.1, 0.15) is 17.6 Å². The molecule has 2 heterocycles. The van der Waals surface area contributed by atoms with Crippen LogP contribution in [0.5, 0.6) is 0 Å². The molecule has 3 rings (SSSR count). The summed E-state index contributed by atoms with van der Waals surface area (Å²) in [6.07, 6.45) is -0.368.